The van der Waals surface area contributed by atoms with Crippen LogP contribution in [-0.4, -0.2) is 26.4 Å². The number of azo groups is 2. The van der Waals surface area contributed by atoms with Gasteiger partial charge in [0.2, 0.25) is 0 Å². The van der Waals surface area contributed by atoms with Crippen LogP contribution >= 0.6 is 0 Å². The van der Waals surface area contributed by atoms with Crippen LogP contribution in [0.1, 0.15) is 110 Å². The fourth-order valence-electron chi connectivity index (χ4n) is 5.60. The van der Waals surface area contributed by atoms with E-state index >= 15 is 0 Å². The van der Waals surface area contributed by atoms with Crippen molar-refractivity contribution in [2.24, 2.45) is 20.5 Å². The lowest BCUT2D eigenvalue weighted by Crippen LogP contribution is -2.04. The van der Waals surface area contributed by atoms with Crippen molar-refractivity contribution in [2.45, 2.75) is 110 Å². The van der Waals surface area contributed by atoms with Crippen molar-refractivity contribution in [3.8, 4) is 23.0 Å². The van der Waals surface area contributed by atoms with E-state index in [9.17, 15) is 0 Å². The molecule has 0 bridgehead atoms. The molecular formula is C45H60N4O4. The summed E-state index contributed by atoms with van der Waals surface area (Å²) in [6, 6.07) is 30.7. The average molecular weight is 721 g/mol. The molecule has 0 N–H and O–H groups in total. The second-order valence-corrected chi connectivity index (χ2v) is 13.4. The molecule has 0 aromatic heterocycles. The number of hydrogen-bond donors (Lipinski definition) is 0. The first-order chi connectivity index (χ1) is 26.2. The number of ether oxygens (including phenoxy) is 4. The number of benzene rings is 4. The Kier molecular flexibility index (Phi) is 20.2. The van der Waals surface area contributed by atoms with E-state index in [0.717, 1.165) is 78.2 Å². The Morgan fingerprint density at radius 3 is 0.774 bits per heavy atom. The van der Waals surface area contributed by atoms with Crippen molar-refractivity contribution in [1.29, 1.82) is 0 Å². The quantitative estimate of drug-likeness (QED) is 0.0432. The van der Waals surface area contributed by atoms with Crippen LogP contribution in [0, 0.1) is 0 Å². The molecule has 284 valence electrons. The molecule has 4 aromatic rings. The highest BCUT2D eigenvalue weighted by atomic mass is 16.5. The van der Waals surface area contributed by atoms with Crippen LogP contribution in [0.2, 0.25) is 0 Å². The lowest BCUT2D eigenvalue weighted by Gasteiger charge is -2.08. The van der Waals surface area contributed by atoms with E-state index in [0.29, 0.717) is 13.2 Å². The van der Waals surface area contributed by atoms with Gasteiger partial charge in [0.05, 0.1) is 49.2 Å². The van der Waals surface area contributed by atoms with Crippen molar-refractivity contribution in [2.75, 3.05) is 26.4 Å². The van der Waals surface area contributed by atoms with E-state index in [-0.39, 0.29) is 0 Å². The van der Waals surface area contributed by atoms with Crippen molar-refractivity contribution in [3.63, 3.8) is 0 Å². The molecule has 0 saturated carbocycles. The Labute approximate surface area is 318 Å². The van der Waals surface area contributed by atoms with Gasteiger partial charge in [0.1, 0.15) is 23.0 Å². The molecule has 0 saturated heterocycles. The summed E-state index contributed by atoms with van der Waals surface area (Å²) in [5, 5.41) is 17.4. The van der Waals surface area contributed by atoms with Gasteiger partial charge in [-0.05, 0) is 110 Å². The third-order valence-corrected chi connectivity index (χ3v) is 8.77. The molecule has 8 heteroatoms. The van der Waals surface area contributed by atoms with Gasteiger partial charge in [-0.1, -0.05) is 90.9 Å². The van der Waals surface area contributed by atoms with Crippen molar-refractivity contribution in [1.82, 2.24) is 0 Å². The third kappa shape index (κ3) is 18.1. The second-order valence-electron chi connectivity index (χ2n) is 13.4. The lowest BCUT2D eigenvalue weighted by molar-refractivity contribution is 0.247. The van der Waals surface area contributed by atoms with Gasteiger partial charge < -0.3 is 18.9 Å². The predicted molar refractivity (Wildman–Crippen MR) is 217 cm³/mol. The fourth-order valence-corrected chi connectivity index (χ4v) is 5.60. The van der Waals surface area contributed by atoms with Crippen LogP contribution in [-0.2, 0) is 0 Å². The van der Waals surface area contributed by atoms with E-state index in [1.165, 1.54) is 77.0 Å². The topological polar surface area (TPSA) is 86.4 Å². The van der Waals surface area contributed by atoms with E-state index in [1.54, 1.807) is 0 Å². The van der Waals surface area contributed by atoms with Gasteiger partial charge in [0, 0.05) is 6.42 Å². The molecule has 0 unspecified atom stereocenters. The third-order valence-electron chi connectivity index (χ3n) is 8.77. The Bertz CT molecular complexity index is 1440. The van der Waals surface area contributed by atoms with E-state index in [2.05, 4.69) is 34.3 Å². The van der Waals surface area contributed by atoms with Crippen molar-refractivity contribution in [3.05, 3.63) is 97.1 Å². The minimum atomic E-state index is 0.545. The molecule has 0 amide bonds. The summed E-state index contributed by atoms with van der Waals surface area (Å²) in [5.41, 5.74) is 3.10. The highest BCUT2D eigenvalue weighted by molar-refractivity contribution is 5.45. The molecule has 0 atom stereocenters. The summed E-state index contributed by atoms with van der Waals surface area (Å²) in [4.78, 5) is 0. The number of rotatable bonds is 28. The summed E-state index contributed by atoms with van der Waals surface area (Å²) in [7, 11) is 0. The minimum Gasteiger partial charge on any atom is -0.494 e. The maximum atomic E-state index is 5.89. The summed E-state index contributed by atoms with van der Waals surface area (Å²) in [5.74, 6) is 3.31. The number of nitrogens with zero attached hydrogens (tertiary/aromatic N) is 4. The molecule has 0 fully saturated rings. The Hall–Kier alpha value is -4.72. The maximum absolute atomic E-state index is 5.89. The molecule has 0 aliphatic heterocycles. The molecule has 0 radical (unpaired) electrons. The molecule has 8 nitrogen and oxygen atoms in total. The molecule has 0 spiro atoms. The smallest absolute Gasteiger partial charge is 0.119 e. The minimum absolute atomic E-state index is 0.545. The normalized spacial score (nSPS) is 11.4. The van der Waals surface area contributed by atoms with E-state index in [1.807, 2.05) is 97.1 Å². The van der Waals surface area contributed by atoms with Gasteiger partial charge in [-0.15, -0.1) is 0 Å². The molecule has 4 rings (SSSR count). The highest BCUT2D eigenvalue weighted by Gasteiger charge is 2.01. The molecule has 0 aliphatic rings. The zero-order valence-electron chi connectivity index (χ0n) is 32.1. The van der Waals surface area contributed by atoms with Crippen molar-refractivity contribution < 1.29 is 18.9 Å². The molecule has 0 aliphatic carbocycles. The van der Waals surface area contributed by atoms with Crippen LogP contribution in [0.4, 0.5) is 22.7 Å². The molecule has 0 heterocycles. The van der Waals surface area contributed by atoms with Gasteiger partial charge in [-0.2, -0.15) is 20.5 Å². The van der Waals surface area contributed by atoms with E-state index in [4.69, 9.17) is 18.9 Å². The Balaban J connectivity index is 1.05. The summed E-state index contributed by atoms with van der Waals surface area (Å²) >= 11 is 0. The van der Waals surface area contributed by atoms with Crippen LogP contribution < -0.4 is 18.9 Å². The van der Waals surface area contributed by atoms with Crippen LogP contribution in [0.3, 0.4) is 0 Å². The van der Waals surface area contributed by atoms with E-state index < -0.39 is 0 Å². The summed E-state index contributed by atoms with van der Waals surface area (Å²) in [6.07, 6.45) is 18.6. The molecular weight excluding hydrogens is 661 g/mol. The van der Waals surface area contributed by atoms with Gasteiger partial charge in [-0.3, -0.25) is 0 Å². The standard InChI is InChI=1S/C45H60N4O4/c1-3-5-7-9-11-13-15-34-50-42-26-18-38(19-27-42)46-48-40-22-30-44(31-23-40)52-36-17-37-53-45-32-24-41(25-33-45)49-47-39-20-28-43(29-21-39)51-35-16-14-12-10-8-6-4-2/h18-33H,3-17,34-37H2,1-2H3. The van der Waals surface area contributed by atoms with Crippen molar-refractivity contribution >= 4 is 22.7 Å². The van der Waals surface area contributed by atoms with Gasteiger partial charge >= 0.3 is 0 Å². The Morgan fingerprint density at radius 2 is 0.509 bits per heavy atom. The van der Waals surface area contributed by atoms with Gasteiger partial charge in [0.15, 0.2) is 0 Å². The highest BCUT2D eigenvalue weighted by Crippen LogP contribution is 2.25. The van der Waals surface area contributed by atoms with Crippen LogP contribution in [0.5, 0.6) is 23.0 Å². The Morgan fingerprint density at radius 1 is 0.283 bits per heavy atom. The first-order valence-electron chi connectivity index (χ1n) is 20.0. The van der Waals surface area contributed by atoms with Crippen LogP contribution in [0.25, 0.3) is 0 Å². The number of unbranched alkanes of at least 4 members (excludes halogenated alkanes) is 12. The lowest BCUT2D eigenvalue weighted by atomic mass is 10.1. The average Bonchev–Trinajstić information content (AvgIpc) is 3.20. The molecule has 53 heavy (non-hydrogen) atoms. The van der Waals surface area contributed by atoms with Gasteiger partial charge in [0.25, 0.3) is 0 Å². The zero-order valence-corrected chi connectivity index (χ0v) is 32.1. The monoisotopic (exact) mass is 720 g/mol. The number of hydrogen-bond acceptors (Lipinski definition) is 8. The second kappa shape index (κ2) is 26.1. The van der Waals surface area contributed by atoms with Gasteiger partial charge in [-0.25, -0.2) is 0 Å². The SMILES string of the molecule is CCCCCCCCCOc1ccc(N=Nc2ccc(OCCCOc3ccc(N=Nc4ccc(OCCCCCCCCC)cc4)cc3)cc2)cc1. The summed E-state index contributed by atoms with van der Waals surface area (Å²) in [6.45, 7) is 7.10. The predicted octanol–water partition coefficient (Wildman–Crippen LogP) is 14.6. The summed E-state index contributed by atoms with van der Waals surface area (Å²) < 4.78 is 23.5. The first kappa shape index (κ1) is 41.0. The largest absolute Gasteiger partial charge is 0.494 e. The zero-order chi connectivity index (χ0) is 37.0. The molecule has 4 aromatic carbocycles. The maximum Gasteiger partial charge on any atom is 0.119 e. The van der Waals surface area contributed by atoms with Crippen LogP contribution in [0.15, 0.2) is 118 Å². The first-order valence-corrected chi connectivity index (χ1v) is 20.0. The fraction of sp³-hybridized carbons (Fsp3) is 0.467.